The number of halogens is 2. The number of urea groups is 1. The van der Waals surface area contributed by atoms with Crippen LogP contribution in [0.5, 0.6) is 5.75 Å². The van der Waals surface area contributed by atoms with E-state index in [2.05, 4.69) is 4.74 Å². The summed E-state index contributed by atoms with van der Waals surface area (Å²) in [6.45, 7) is -1.64. The summed E-state index contributed by atoms with van der Waals surface area (Å²) in [4.78, 5) is 25.4. The zero-order valence-corrected chi connectivity index (χ0v) is 12.7. The molecule has 1 aromatic rings. The zero-order chi connectivity index (χ0) is 17.3. The second kappa shape index (κ2) is 6.19. The van der Waals surface area contributed by atoms with Crippen LogP contribution < -0.4 is 4.74 Å². The number of likely N-dealkylation sites (N-methyl/N-ethyl adjacent to an activating group) is 1. The lowest BCUT2D eigenvalue weighted by atomic mass is 9.98. The number of hydrogen-bond acceptors (Lipinski definition) is 4. The number of hydrogen-bond donors (Lipinski definition) is 0. The molecule has 7 nitrogen and oxygen atoms in total. The van der Waals surface area contributed by atoms with Crippen LogP contribution in [0, 0.1) is 10.1 Å². The second-order valence-corrected chi connectivity index (χ2v) is 5.00. The summed E-state index contributed by atoms with van der Waals surface area (Å²) in [5.74, 6) is -0.205. The van der Waals surface area contributed by atoms with Gasteiger partial charge in [-0.1, -0.05) is 18.2 Å². The number of carbonyl (C=O) groups is 1. The van der Waals surface area contributed by atoms with Crippen LogP contribution in [0.2, 0.25) is 0 Å². The molecule has 0 fully saturated rings. The Morgan fingerprint density at radius 1 is 1.30 bits per heavy atom. The Labute approximate surface area is 130 Å². The molecule has 1 aliphatic heterocycles. The van der Waals surface area contributed by atoms with Crippen LogP contribution in [0.3, 0.4) is 0 Å². The van der Waals surface area contributed by atoms with Gasteiger partial charge in [-0.25, -0.2) is 4.79 Å². The van der Waals surface area contributed by atoms with Crippen molar-refractivity contribution < 1.29 is 23.2 Å². The summed E-state index contributed by atoms with van der Waals surface area (Å²) in [5.41, 5.74) is 0.0117. The van der Waals surface area contributed by atoms with E-state index in [1.54, 1.807) is 0 Å². The van der Waals surface area contributed by atoms with Crippen LogP contribution in [-0.4, -0.2) is 41.5 Å². The standard InChI is InChI=1S/C14H15F2N3O4/c1-8-11(19(21)22)12(18(3)14(20)17(8)2)9-6-4-5-7-10(9)23-13(15)16/h4-7,12-13H,1-3H3. The summed E-state index contributed by atoms with van der Waals surface area (Å²) >= 11 is 0. The maximum atomic E-state index is 12.6. The topological polar surface area (TPSA) is 75.9 Å². The van der Waals surface area contributed by atoms with Crippen LogP contribution in [0.1, 0.15) is 18.5 Å². The van der Waals surface area contributed by atoms with Crippen molar-refractivity contribution in [2.75, 3.05) is 14.1 Å². The molecule has 23 heavy (non-hydrogen) atoms. The molecular formula is C14H15F2N3O4. The molecule has 0 saturated heterocycles. The number of carbonyl (C=O) groups excluding carboxylic acids is 1. The monoisotopic (exact) mass is 327 g/mol. The molecule has 2 rings (SSSR count). The van der Waals surface area contributed by atoms with E-state index >= 15 is 0 Å². The van der Waals surface area contributed by atoms with Crippen molar-refractivity contribution in [3.63, 3.8) is 0 Å². The quantitative estimate of drug-likeness (QED) is 0.629. The van der Waals surface area contributed by atoms with Gasteiger partial charge in [-0.3, -0.25) is 15.0 Å². The molecule has 1 atom stereocenters. The molecule has 0 radical (unpaired) electrons. The third-order valence-corrected chi connectivity index (χ3v) is 3.74. The van der Waals surface area contributed by atoms with Crippen LogP contribution in [-0.2, 0) is 0 Å². The highest BCUT2D eigenvalue weighted by Crippen LogP contribution is 2.39. The number of amides is 2. The zero-order valence-electron chi connectivity index (χ0n) is 12.7. The molecule has 2 amide bonds. The first-order chi connectivity index (χ1) is 10.8. The third kappa shape index (κ3) is 2.94. The molecule has 0 bridgehead atoms. The predicted molar refractivity (Wildman–Crippen MR) is 76.4 cm³/mol. The first-order valence-corrected chi connectivity index (χ1v) is 6.65. The maximum absolute atomic E-state index is 12.6. The summed E-state index contributed by atoms with van der Waals surface area (Å²) in [7, 11) is 2.79. The number of para-hydroxylation sites is 1. The highest BCUT2D eigenvalue weighted by atomic mass is 19.3. The van der Waals surface area contributed by atoms with Crippen molar-refractivity contribution in [3.05, 3.63) is 51.3 Å². The Hall–Kier alpha value is -2.71. The van der Waals surface area contributed by atoms with E-state index in [1.165, 1.54) is 45.3 Å². The van der Waals surface area contributed by atoms with Gasteiger partial charge in [0.05, 0.1) is 10.6 Å². The van der Waals surface area contributed by atoms with Gasteiger partial charge in [-0.15, -0.1) is 0 Å². The Morgan fingerprint density at radius 2 is 1.91 bits per heavy atom. The number of allylic oxidation sites excluding steroid dienone is 1. The lowest BCUT2D eigenvalue weighted by molar-refractivity contribution is -0.436. The van der Waals surface area contributed by atoms with E-state index in [1.807, 2.05) is 0 Å². The summed E-state index contributed by atoms with van der Waals surface area (Å²) in [6.07, 6.45) is 0. The number of alkyl halides is 2. The Kier molecular flexibility index (Phi) is 4.48. The summed E-state index contributed by atoms with van der Waals surface area (Å²) in [6, 6.07) is 4.12. The molecule has 0 saturated carbocycles. The number of rotatable bonds is 4. The van der Waals surface area contributed by atoms with Crippen LogP contribution in [0.15, 0.2) is 35.7 Å². The van der Waals surface area contributed by atoms with Crippen molar-refractivity contribution >= 4 is 6.03 Å². The van der Waals surface area contributed by atoms with Gasteiger partial charge >= 0.3 is 12.6 Å². The van der Waals surface area contributed by atoms with Gasteiger partial charge in [-0.2, -0.15) is 8.78 Å². The SMILES string of the molecule is CC1=C([N+](=O)[O-])C(c2ccccc2OC(F)F)N(C)C(=O)N1C. The van der Waals surface area contributed by atoms with Crippen molar-refractivity contribution in [3.8, 4) is 5.75 Å². The van der Waals surface area contributed by atoms with Gasteiger partial charge in [-0.05, 0) is 13.0 Å². The van der Waals surface area contributed by atoms with Crippen molar-refractivity contribution in [1.29, 1.82) is 0 Å². The van der Waals surface area contributed by atoms with Crippen molar-refractivity contribution in [2.45, 2.75) is 19.6 Å². The minimum atomic E-state index is -3.08. The van der Waals surface area contributed by atoms with Gasteiger partial charge in [0.25, 0.3) is 5.70 Å². The Bertz CT molecular complexity index is 678. The third-order valence-electron chi connectivity index (χ3n) is 3.74. The van der Waals surface area contributed by atoms with E-state index in [4.69, 9.17) is 0 Å². The minimum Gasteiger partial charge on any atom is -0.434 e. The van der Waals surface area contributed by atoms with E-state index < -0.39 is 23.6 Å². The Balaban J connectivity index is 2.64. The van der Waals surface area contributed by atoms with Crippen molar-refractivity contribution in [1.82, 2.24) is 9.80 Å². The van der Waals surface area contributed by atoms with E-state index in [0.717, 1.165) is 9.80 Å². The van der Waals surface area contributed by atoms with Gasteiger partial charge in [0.2, 0.25) is 0 Å². The molecule has 0 aliphatic carbocycles. The molecule has 1 unspecified atom stereocenters. The largest absolute Gasteiger partial charge is 0.434 e. The van der Waals surface area contributed by atoms with Gasteiger partial charge in [0.15, 0.2) is 6.04 Å². The normalized spacial score (nSPS) is 18.7. The van der Waals surface area contributed by atoms with Crippen molar-refractivity contribution in [2.24, 2.45) is 0 Å². The number of ether oxygens (including phenoxy) is 1. The fourth-order valence-electron chi connectivity index (χ4n) is 2.54. The van der Waals surface area contributed by atoms with Crippen LogP contribution >= 0.6 is 0 Å². The predicted octanol–water partition coefficient (Wildman–Crippen LogP) is 2.83. The molecule has 9 heteroatoms. The lowest BCUT2D eigenvalue weighted by Crippen LogP contribution is -2.47. The number of nitro groups is 1. The van der Waals surface area contributed by atoms with Crippen LogP contribution in [0.4, 0.5) is 13.6 Å². The average Bonchev–Trinajstić information content (AvgIpc) is 2.48. The first kappa shape index (κ1) is 16.7. The second-order valence-electron chi connectivity index (χ2n) is 5.00. The van der Waals surface area contributed by atoms with Gasteiger partial charge < -0.3 is 9.64 Å². The maximum Gasteiger partial charge on any atom is 0.387 e. The van der Waals surface area contributed by atoms with E-state index in [-0.39, 0.29) is 22.7 Å². The summed E-state index contributed by atoms with van der Waals surface area (Å²) < 4.78 is 29.6. The minimum absolute atomic E-state index is 0.128. The van der Waals surface area contributed by atoms with E-state index in [9.17, 15) is 23.7 Å². The fourth-order valence-corrected chi connectivity index (χ4v) is 2.54. The van der Waals surface area contributed by atoms with Gasteiger partial charge in [0.1, 0.15) is 5.75 Å². The number of nitrogens with zero attached hydrogens (tertiary/aromatic N) is 3. The molecule has 0 N–H and O–H groups in total. The molecule has 1 aliphatic rings. The molecule has 1 aromatic carbocycles. The highest BCUT2D eigenvalue weighted by molar-refractivity contribution is 5.78. The van der Waals surface area contributed by atoms with Crippen LogP contribution in [0.25, 0.3) is 0 Å². The summed E-state index contributed by atoms with van der Waals surface area (Å²) in [5, 5.41) is 11.5. The smallest absolute Gasteiger partial charge is 0.387 e. The van der Waals surface area contributed by atoms with Gasteiger partial charge in [0, 0.05) is 19.7 Å². The lowest BCUT2D eigenvalue weighted by Gasteiger charge is -2.36. The number of benzene rings is 1. The molecule has 1 heterocycles. The van der Waals surface area contributed by atoms with E-state index in [0.29, 0.717) is 0 Å². The molecule has 124 valence electrons. The highest BCUT2D eigenvalue weighted by Gasteiger charge is 2.43. The molecule has 0 spiro atoms. The molecule has 0 aromatic heterocycles. The fraction of sp³-hybridized carbons (Fsp3) is 0.357. The Morgan fingerprint density at radius 3 is 2.48 bits per heavy atom. The first-order valence-electron chi connectivity index (χ1n) is 6.65. The average molecular weight is 327 g/mol. The molecular weight excluding hydrogens is 312 g/mol.